The summed E-state index contributed by atoms with van der Waals surface area (Å²) in [5, 5.41) is 13.2. The molecule has 0 aromatic heterocycles. The van der Waals surface area contributed by atoms with Gasteiger partial charge in [-0.05, 0) is 33.9 Å². The monoisotopic (exact) mass is 390 g/mol. The second-order valence-electron chi connectivity index (χ2n) is 5.60. The molecule has 0 heterocycles. The minimum absolute atomic E-state index is 0.0998. The molecule has 0 aliphatic rings. The van der Waals surface area contributed by atoms with Crippen LogP contribution in [0.3, 0.4) is 0 Å². The highest BCUT2D eigenvalue weighted by Gasteiger charge is 2.26. The lowest BCUT2D eigenvalue weighted by atomic mass is 10.1. The van der Waals surface area contributed by atoms with E-state index < -0.39 is 24.1 Å². The van der Waals surface area contributed by atoms with Crippen molar-refractivity contribution < 1.29 is 23.5 Å². The number of hydrogen-bond donors (Lipinski definition) is 1. The number of nitro groups is 1. The van der Waals surface area contributed by atoms with Gasteiger partial charge in [0.1, 0.15) is 11.8 Å². The summed E-state index contributed by atoms with van der Waals surface area (Å²) >= 11 is 0. The van der Waals surface area contributed by atoms with Crippen molar-refractivity contribution in [2.75, 3.05) is 6.61 Å². The van der Waals surface area contributed by atoms with Crippen LogP contribution in [-0.4, -0.2) is 23.5 Å². The Morgan fingerprint density at radius 2 is 1.88 bits per heavy atom. The fourth-order valence-corrected chi connectivity index (χ4v) is 4.15. The molecule has 25 heavy (non-hydrogen) atoms. The number of esters is 1. The highest BCUT2D eigenvalue weighted by atomic mass is 32.1. The molecule has 0 spiro atoms. The van der Waals surface area contributed by atoms with Gasteiger partial charge in [-0.25, -0.2) is 5.09 Å². The van der Waals surface area contributed by atoms with Gasteiger partial charge in [-0.15, -0.1) is 0 Å². The molecule has 3 atom stereocenters. The molecule has 0 bridgehead atoms. The molecule has 1 rings (SSSR count). The molecule has 1 aromatic rings. The molecule has 10 heteroatoms. The van der Waals surface area contributed by atoms with E-state index in [-0.39, 0.29) is 11.4 Å². The summed E-state index contributed by atoms with van der Waals surface area (Å²) < 4.78 is 23.0. The van der Waals surface area contributed by atoms with Crippen molar-refractivity contribution >= 4 is 27.8 Å². The number of carbonyl (C=O) groups excluding carboxylic acids is 1. The molecule has 1 unspecified atom stereocenters. The summed E-state index contributed by atoms with van der Waals surface area (Å²) in [5.41, 5.74) is -0.0998. The molecule has 0 aliphatic carbocycles. The lowest BCUT2D eigenvalue weighted by molar-refractivity contribution is -0.384. The predicted molar refractivity (Wildman–Crippen MR) is 98.7 cm³/mol. The summed E-state index contributed by atoms with van der Waals surface area (Å²) in [4.78, 5) is 22.1. The van der Waals surface area contributed by atoms with E-state index in [0.29, 0.717) is 12.5 Å². The van der Waals surface area contributed by atoms with E-state index in [2.05, 4.69) is 5.09 Å². The minimum atomic E-state index is -3.43. The van der Waals surface area contributed by atoms with E-state index >= 15 is 0 Å². The van der Waals surface area contributed by atoms with Crippen LogP contribution < -0.4 is 9.61 Å². The van der Waals surface area contributed by atoms with Gasteiger partial charge in [-0.2, -0.15) is 0 Å². The van der Waals surface area contributed by atoms with Crippen molar-refractivity contribution in [3.63, 3.8) is 0 Å². The van der Waals surface area contributed by atoms with E-state index in [9.17, 15) is 19.5 Å². The Bertz CT molecular complexity index is 633. The normalized spacial score (nSPS) is 14.6. The van der Waals surface area contributed by atoms with E-state index in [1.54, 1.807) is 0 Å². The van der Waals surface area contributed by atoms with E-state index in [1.807, 2.05) is 22.8 Å². The van der Waals surface area contributed by atoms with Crippen molar-refractivity contribution in [1.82, 2.24) is 5.09 Å². The number of hydrogen-bond acceptors (Lipinski definition) is 6. The number of nitrogens with one attached hydrogen (secondary N) is 1. The highest BCUT2D eigenvalue weighted by Crippen LogP contribution is 2.51. The Morgan fingerprint density at radius 3 is 2.36 bits per heavy atom. The van der Waals surface area contributed by atoms with Gasteiger partial charge in [0.15, 0.2) is 0 Å². The summed E-state index contributed by atoms with van der Waals surface area (Å²) in [6.45, 7) is 5.91. The Morgan fingerprint density at radius 1 is 1.32 bits per heavy atom. The first-order chi connectivity index (χ1) is 11.7. The average Bonchev–Trinajstić information content (AvgIpc) is 2.55. The number of non-ortho nitro benzene ring substituents is 1. The smallest absolute Gasteiger partial charge is 0.329 e. The van der Waals surface area contributed by atoms with E-state index in [0.717, 1.165) is 12.8 Å². The third kappa shape index (κ3) is 7.51. The second kappa shape index (κ2) is 9.85. The fraction of sp³-hybridized carbons (Fsp3) is 0.533. The molecular formula is C15H24N2O6P2. The molecular weight excluding hydrogens is 366 g/mol. The van der Waals surface area contributed by atoms with Crippen LogP contribution in [0.1, 0.15) is 33.6 Å². The minimum Gasteiger partial charge on any atom is -0.464 e. The number of benzene rings is 1. The van der Waals surface area contributed by atoms with Crippen LogP contribution in [0.15, 0.2) is 24.3 Å². The molecule has 0 saturated heterocycles. The zero-order valence-electron chi connectivity index (χ0n) is 14.5. The van der Waals surface area contributed by atoms with Crippen molar-refractivity contribution in [3.8, 4) is 5.75 Å². The van der Waals surface area contributed by atoms with Gasteiger partial charge in [0.05, 0.1) is 11.5 Å². The van der Waals surface area contributed by atoms with Crippen LogP contribution in [0.4, 0.5) is 5.69 Å². The van der Waals surface area contributed by atoms with Crippen LogP contribution in [0.2, 0.25) is 0 Å². The van der Waals surface area contributed by atoms with Gasteiger partial charge < -0.3 is 9.26 Å². The zero-order valence-corrected chi connectivity index (χ0v) is 16.6. The van der Waals surface area contributed by atoms with Crippen LogP contribution >= 0.6 is 16.1 Å². The van der Waals surface area contributed by atoms with Crippen LogP contribution in [0, 0.1) is 16.0 Å². The SMILES string of the molecule is CCC(CC)COC(=O)[C@H](C)N[P@](=O)(P)Oc1ccc([N+](=O)[O-])cc1. The van der Waals surface area contributed by atoms with Gasteiger partial charge >= 0.3 is 13.2 Å². The maximum atomic E-state index is 12.5. The maximum Gasteiger partial charge on any atom is 0.329 e. The lowest BCUT2D eigenvalue weighted by Crippen LogP contribution is -2.34. The third-order valence-electron chi connectivity index (χ3n) is 3.63. The Kier molecular flexibility index (Phi) is 8.50. The van der Waals surface area contributed by atoms with Gasteiger partial charge in [0.25, 0.3) is 5.69 Å². The third-order valence-corrected chi connectivity index (χ3v) is 5.62. The molecule has 0 fully saturated rings. The number of carbonyl (C=O) groups is 1. The first-order valence-electron chi connectivity index (χ1n) is 7.95. The van der Waals surface area contributed by atoms with Crippen molar-refractivity contribution in [1.29, 1.82) is 0 Å². The van der Waals surface area contributed by atoms with Gasteiger partial charge in [-0.1, -0.05) is 26.7 Å². The van der Waals surface area contributed by atoms with Crippen LogP contribution in [0.5, 0.6) is 5.75 Å². The quantitative estimate of drug-likeness (QED) is 0.279. The Labute approximate surface area is 149 Å². The van der Waals surface area contributed by atoms with Gasteiger partial charge in [0.2, 0.25) is 0 Å². The Balaban J connectivity index is 2.59. The van der Waals surface area contributed by atoms with Crippen LogP contribution in [-0.2, 0) is 14.1 Å². The summed E-state index contributed by atoms with van der Waals surface area (Å²) in [5.74, 6) is -0.0220. The van der Waals surface area contributed by atoms with Crippen molar-refractivity contribution in [3.05, 3.63) is 34.4 Å². The highest BCUT2D eigenvalue weighted by molar-refractivity contribution is 8.13. The van der Waals surface area contributed by atoms with E-state index in [1.165, 1.54) is 31.2 Å². The number of nitro benzene ring substituents is 1. The fourth-order valence-electron chi connectivity index (χ4n) is 1.98. The van der Waals surface area contributed by atoms with Crippen LogP contribution in [0.25, 0.3) is 0 Å². The van der Waals surface area contributed by atoms with Crippen molar-refractivity contribution in [2.24, 2.45) is 5.92 Å². The molecule has 0 aliphatic heterocycles. The predicted octanol–water partition coefficient (Wildman–Crippen LogP) is 3.91. The first-order valence-corrected chi connectivity index (χ1v) is 11.2. The first kappa shape index (κ1) is 21.6. The largest absolute Gasteiger partial charge is 0.464 e. The standard InChI is InChI=1S/C15H24N2O6P2/c1-4-12(5-2)10-22-15(18)11(3)16-25(21,24)23-14-8-6-13(7-9-14)17(19)20/h6-9,11-12H,4-5,10,24H2,1-3H3,(H,16,21)/t11-,25+/m0/s1. The number of rotatable bonds is 10. The van der Waals surface area contributed by atoms with Crippen molar-refractivity contribution in [2.45, 2.75) is 39.7 Å². The molecule has 140 valence electrons. The lowest BCUT2D eigenvalue weighted by Gasteiger charge is -2.21. The number of ether oxygens (including phenoxy) is 1. The molecule has 0 radical (unpaired) electrons. The molecule has 8 nitrogen and oxygen atoms in total. The maximum absolute atomic E-state index is 12.5. The van der Waals surface area contributed by atoms with E-state index in [4.69, 9.17) is 9.26 Å². The second-order valence-corrected chi connectivity index (χ2v) is 9.28. The molecule has 0 amide bonds. The summed E-state index contributed by atoms with van der Waals surface area (Å²) in [6, 6.07) is 4.34. The number of nitrogens with zero attached hydrogens (tertiary/aromatic N) is 1. The molecule has 1 N–H and O–H groups in total. The summed E-state index contributed by atoms with van der Waals surface area (Å²) in [7, 11) is -1.39. The molecule has 0 saturated carbocycles. The Hall–Kier alpha value is -1.49. The summed E-state index contributed by atoms with van der Waals surface area (Å²) in [6.07, 6.45) is 1.83. The van der Waals surface area contributed by atoms with Gasteiger partial charge in [0, 0.05) is 12.1 Å². The average molecular weight is 390 g/mol. The molecule has 1 aromatic carbocycles. The zero-order chi connectivity index (χ0) is 19.0. The van der Waals surface area contributed by atoms with Gasteiger partial charge in [-0.3, -0.25) is 19.5 Å². The topological polar surface area (TPSA) is 108 Å².